The van der Waals surface area contributed by atoms with Gasteiger partial charge < -0.3 is 47.4 Å². The Balaban J connectivity index is 0.000000120. The summed E-state index contributed by atoms with van der Waals surface area (Å²) in [6.07, 6.45) is 10.1. The highest BCUT2D eigenvalue weighted by Crippen LogP contribution is 2.65. The van der Waals surface area contributed by atoms with Gasteiger partial charge in [0.1, 0.15) is 60.0 Å². The van der Waals surface area contributed by atoms with Crippen molar-refractivity contribution in [3.05, 3.63) is 0 Å². The first-order chi connectivity index (χ1) is 43.7. The lowest BCUT2D eigenvalue weighted by molar-refractivity contribution is -0.188. The van der Waals surface area contributed by atoms with Gasteiger partial charge in [-0.3, -0.25) is 47.9 Å². The standard InChI is InChI=1S/4C15H22O4.C14H20O4/c1-5-14(2,3)13(17)19-11-10-8-6-15(11,4)7-9(8)12(16)18-10;1-5-14(2,3)13(17)19-15(4)8-6-9-10(7-8)12(16)18-11(9)15;1-5-14(2,3)13(17)18-11-8-6-9-10(7-8)15(11,4)19-12(9)16;1-5-15(3,4)14(17)19-11-8-6-9-10(7(8)2)13(16)18-12(9)11;1-4-14(2,3)13(16)18-10-7-5-8-9(6-7)12(15)17-11(8)10/h3*8-11H,5-7H2,1-4H3;7-12H,5-6H2,1-4H3;7-11H,4-6H2,1-3H3. The van der Waals surface area contributed by atoms with Crippen LogP contribution in [0, 0.1) is 121 Å². The van der Waals surface area contributed by atoms with Gasteiger partial charge in [0, 0.05) is 58.7 Å². The minimum absolute atomic E-state index is 0.0455. The Labute approximate surface area is 555 Å². The van der Waals surface area contributed by atoms with Gasteiger partial charge in [-0.1, -0.05) is 48.5 Å². The van der Waals surface area contributed by atoms with Crippen LogP contribution in [0.25, 0.3) is 0 Å². The summed E-state index contributed by atoms with van der Waals surface area (Å²) in [6, 6.07) is 0. The molecule has 94 heavy (non-hydrogen) atoms. The maximum atomic E-state index is 12.3. The summed E-state index contributed by atoms with van der Waals surface area (Å²) < 4.78 is 56.1. The van der Waals surface area contributed by atoms with E-state index in [1.807, 2.05) is 118 Å². The molecule has 0 aromatic rings. The molecule has 0 aromatic carbocycles. The second-order valence-corrected chi connectivity index (χ2v) is 35.0. The second kappa shape index (κ2) is 24.0. The topological polar surface area (TPSA) is 263 Å². The molecule has 0 radical (unpaired) electrons. The zero-order valence-corrected chi connectivity index (χ0v) is 59.3. The van der Waals surface area contributed by atoms with Crippen LogP contribution in [0.2, 0.25) is 0 Å². The van der Waals surface area contributed by atoms with E-state index < -0.39 is 38.3 Å². The Morgan fingerprint density at radius 1 is 0.436 bits per heavy atom. The molecule has 15 fully saturated rings. The van der Waals surface area contributed by atoms with Crippen molar-refractivity contribution < 1.29 is 95.3 Å². The summed E-state index contributed by atoms with van der Waals surface area (Å²) in [6.45, 7) is 37.0. The first-order valence-electron chi connectivity index (χ1n) is 35.8. The van der Waals surface area contributed by atoms with Gasteiger partial charge in [-0.05, 0) is 179 Å². The highest BCUT2D eigenvalue weighted by atomic mass is 16.6. The van der Waals surface area contributed by atoms with E-state index in [0.29, 0.717) is 23.7 Å². The molecule has 15 rings (SSSR count). The summed E-state index contributed by atoms with van der Waals surface area (Å²) in [5, 5.41) is 0. The summed E-state index contributed by atoms with van der Waals surface area (Å²) in [4.78, 5) is 120. The Bertz CT molecular complexity index is 3050. The molecule has 15 aliphatic rings. The quantitative estimate of drug-likeness (QED) is 0.109. The van der Waals surface area contributed by atoms with Gasteiger partial charge in [0.05, 0.1) is 56.7 Å². The van der Waals surface area contributed by atoms with E-state index in [9.17, 15) is 47.9 Å². The minimum Gasteiger partial charge on any atom is -0.458 e. The van der Waals surface area contributed by atoms with E-state index in [-0.39, 0.29) is 179 Å². The third kappa shape index (κ3) is 11.3. The normalized spacial score (nSPS) is 43.0. The Kier molecular flexibility index (Phi) is 17.9. The summed E-state index contributed by atoms with van der Waals surface area (Å²) in [5.41, 5.74) is -3.61. The number of ether oxygens (including phenoxy) is 10. The van der Waals surface area contributed by atoms with Crippen LogP contribution in [0.3, 0.4) is 0 Å². The highest BCUT2D eigenvalue weighted by Gasteiger charge is 2.73. The fourth-order valence-corrected chi connectivity index (χ4v) is 19.1. The molecule has 26 unspecified atom stereocenters. The van der Waals surface area contributed by atoms with Gasteiger partial charge in [0.15, 0.2) is 0 Å². The molecule has 524 valence electrons. The van der Waals surface area contributed by atoms with Crippen LogP contribution in [-0.4, -0.2) is 120 Å². The molecule has 26 atom stereocenters. The molecular weight excluding hydrogens is 1210 g/mol. The largest absolute Gasteiger partial charge is 0.458 e. The van der Waals surface area contributed by atoms with E-state index in [1.54, 1.807) is 0 Å². The van der Waals surface area contributed by atoms with Crippen LogP contribution in [0.5, 0.6) is 0 Å². The predicted octanol–water partition coefficient (Wildman–Crippen LogP) is 11.0. The molecule has 5 aliphatic heterocycles. The number of rotatable bonds is 15. The van der Waals surface area contributed by atoms with Crippen molar-refractivity contribution in [2.24, 2.45) is 121 Å². The Morgan fingerprint density at radius 2 is 0.915 bits per heavy atom. The number of fused-ring (bicyclic) bond motifs is 5. The number of carbonyl (C=O) groups excluding carboxylic acids is 10. The van der Waals surface area contributed by atoms with Crippen LogP contribution in [0.1, 0.15) is 221 Å². The molecule has 5 saturated heterocycles. The van der Waals surface area contributed by atoms with E-state index in [0.717, 1.165) is 89.9 Å². The van der Waals surface area contributed by atoms with Gasteiger partial charge >= 0.3 is 59.7 Å². The van der Waals surface area contributed by atoms with Gasteiger partial charge in [0.25, 0.3) is 0 Å². The van der Waals surface area contributed by atoms with Gasteiger partial charge in [-0.2, -0.15) is 0 Å². The number of hydrogen-bond donors (Lipinski definition) is 0. The van der Waals surface area contributed by atoms with E-state index >= 15 is 0 Å². The fraction of sp³-hybridized carbons (Fsp3) is 0.865. The van der Waals surface area contributed by atoms with Crippen LogP contribution in [-0.2, 0) is 95.3 Å². The molecule has 0 amide bonds. The van der Waals surface area contributed by atoms with Crippen LogP contribution in [0.4, 0.5) is 0 Å². The lowest BCUT2D eigenvalue weighted by atomic mass is 9.79. The van der Waals surface area contributed by atoms with Crippen molar-refractivity contribution in [1.82, 2.24) is 0 Å². The highest BCUT2D eigenvalue weighted by molar-refractivity contribution is 5.83. The van der Waals surface area contributed by atoms with Crippen molar-refractivity contribution in [3.8, 4) is 0 Å². The first kappa shape index (κ1) is 70.0. The Morgan fingerprint density at radius 3 is 1.50 bits per heavy atom. The zero-order valence-electron chi connectivity index (χ0n) is 59.3. The average molecular weight is 1320 g/mol. The molecule has 10 saturated carbocycles. The third-order valence-electron chi connectivity index (χ3n) is 27.5. The van der Waals surface area contributed by atoms with Crippen molar-refractivity contribution in [2.75, 3.05) is 0 Å². The molecule has 5 heterocycles. The summed E-state index contributed by atoms with van der Waals surface area (Å²) >= 11 is 0. The van der Waals surface area contributed by atoms with Crippen molar-refractivity contribution in [1.29, 1.82) is 0 Å². The SMILES string of the molecule is CCC(C)(C)C(=O)OC1(C)C2CC3C(=O)OC1C3C2.CCC(C)(C)C(=O)OC1C2CC3C(=O)OC1(C)C3C2.CCC(C)(C)C(=O)OC1C2CC3C(=O)OC1C3C2.CCC(C)(C)C(=O)OC1C2CC3C1OC(=O)C3C2C.CCC(C)(C)C(=O)OC1C2OC(=O)C3CC1(C)CC32. The monoisotopic (exact) mass is 1320 g/mol. The average Bonchev–Trinajstić information content (AvgIpc) is 1.58. The zero-order chi connectivity index (χ0) is 69.0. The molecule has 20 heteroatoms. The fourth-order valence-electron chi connectivity index (χ4n) is 19.1. The smallest absolute Gasteiger partial charge is 0.312 e. The van der Waals surface area contributed by atoms with Gasteiger partial charge in [-0.15, -0.1) is 0 Å². The van der Waals surface area contributed by atoms with Crippen LogP contribution >= 0.6 is 0 Å². The maximum Gasteiger partial charge on any atom is 0.312 e. The molecule has 0 N–H and O–H groups in total. The van der Waals surface area contributed by atoms with E-state index in [2.05, 4.69) is 13.8 Å². The van der Waals surface area contributed by atoms with Crippen molar-refractivity contribution in [3.63, 3.8) is 0 Å². The summed E-state index contributed by atoms with van der Waals surface area (Å²) in [7, 11) is 0. The molecule has 20 nitrogen and oxygen atoms in total. The molecule has 0 aromatic heterocycles. The molecule has 0 spiro atoms. The molecule has 10 aliphatic carbocycles. The number of hydrogen-bond acceptors (Lipinski definition) is 20. The predicted molar refractivity (Wildman–Crippen MR) is 336 cm³/mol. The number of carbonyl (C=O) groups is 10. The summed E-state index contributed by atoms with van der Waals surface area (Å²) in [5.74, 6) is 1.78. The minimum atomic E-state index is -0.614. The van der Waals surface area contributed by atoms with Crippen molar-refractivity contribution >= 4 is 59.7 Å². The van der Waals surface area contributed by atoms with E-state index in [1.165, 1.54) is 0 Å². The maximum absolute atomic E-state index is 12.3. The number of esters is 10. The van der Waals surface area contributed by atoms with Gasteiger partial charge in [0.2, 0.25) is 0 Å². The first-order valence-corrected chi connectivity index (χ1v) is 35.8. The third-order valence-corrected chi connectivity index (χ3v) is 27.5. The van der Waals surface area contributed by atoms with E-state index in [4.69, 9.17) is 47.4 Å². The Hall–Kier alpha value is -5.30. The second-order valence-electron chi connectivity index (χ2n) is 35.0. The van der Waals surface area contributed by atoms with Crippen molar-refractivity contribution in [2.45, 2.75) is 281 Å². The van der Waals surface area contributed by atoms with Crippen LogP contribution in [0.15, 0.2) is 0 Å². The lowest BCUT2D eigenvalue weighted by Gasteiger charge is -2.38. The van der Waals surface area contributed by atoms with Crippen LogP contribution < -0.4 is 0 Å². The van der Waals surface area contributed by atoms with Gasteiger partial charge in [-0.25, -0.2) is 0 Å². The lowest BCUT2D eigenvalue weighted by Crippen LogP contribution is -2.49. The molecule has 10 bridgehead atoms. The molecular formula is C74H108O20.